The number of rotatable bonds is 4. The molecule has 2 amide bonds. The van der Waals surface area contributed by atoms with Crippen LogP contribution in [0.1, 0.15) is 55.5 Å². The van der Waals surface area contributed by atoms with E-state index in [9.17, 15) is 9.59 Å². The maximum atomic E-state index is 13.9. The number of para-hydroxylation sites is 2. The van der Waals surface area contributed by atoms with Crippen molar-refractivity contribution in [3.8, 4) is 0 Å². The molecule has 0 bridgehead atoms. The monoisotopic (exact) mass is 450 g/mol. The van der Waals surface area contributed by atoms with Crippen LogP contribution in [-0.4, -0.2) is 37.8 Å². The molecule has 1 saturated carbocycles. The van der Waals surface area contributed by atoms with E-state index >= 15 is 0 Å². The Bertz CT molecular complexity index is 1150. The fourth-order valence-corrected chi connectivity index (χ4v) is 5.94. The summed E-state index contributed by atoms with van der Waals surface area (Å²) >= 11 is 1.60. The summed E-state index contributed by atoms with van der Waals surface area (Å²) in [5, 5.41) is 5.35. The molecule has 1 fully saturated rings. The van der Waals surface area contributed by atoms with Crippen LogP contribution in [0.15, 0.2) is 41.8 Å². The zero-order chi connectivity index (χ0) is 22.5. The van der Waals surface area contributed by atoms with Crippen LogP contribution in [0.5, 0.6) is 0 Å². The van der Waals surface area contributed by atoms with Crippen LogP contribution in [0, 0.1) is 11.8 Å². The highest BCUT2D eigenvalue weighted by Gasteiger charge is 2.49. The van der Waals surface area contributed by atoms with E-state index in [1.54, 1.807) is 16.2 Å². The first kappa shape index (κ1) is 21.2. The number of hydrogen-bond donors (Lipinski definition) is 1. The number of benzene rings is 1. The molecule has 32 heavy (non-hydrogen) atoms. The van der Waals surface area contributed by atoms with E-state index in [1.807, 2.05) is 53.3 Å². The van der Waals surface area contributed by atoms with Crippen molar-refractivity contribution in [3.05, 3.63) is 52.5 Å². The predicted molar refractivity (Wildman–Crippen MR) is 126 cm³/mol. The fourth-order valence-electron chi connectivity index (χ4n) is 5.25. The minimum absolute atomic E-state index is 0.0724. The van der Waals surface area contributed by atoms with Crippen molar-refractivity contribution < 1.29 is 9.59 Å². The first-order valence-corrected chi connectivity index (χ1v) is 12.4. The van der Waals surface area contributed by atoms with Gasteiger partial charge in [0, 0.05) is 10.9 Å². The molecule has 2 aromatic heterocycles. The summed E-state index contributed by atoms with van der Waals surface area (Å²) < 4.78 is 1.93. The van der Waals surface area contributed by atoms with E-state index in [-0.39, 0.29) is 17.9 Å². The van der Waals surface area contributed by atoms with Gasteiger partial charge in [0.25, 0.3) is 5.91 Å². The lowest BCUT2D eigenvalue weighted by Crippen LogP contribution is -2.65. The predicted octanol–water partition coefficient (Wildman–Crippen LogP) is 4.45. The van der Waals surface area contributed by atoms with Gasteiger partial charge in [-0.15, -0.1) is 11.3 Å². The number of carbonyl (C=O) groups excluding carboxylic acids is 2. The Hall–Kier alpha value is -2.67. The summed E-state index contributed by atoms with van der Waals surface area (Å²) in [6.07, 6.45) is 3.32. The second-order valence-corrected chi connectivity index (χ2v) is 10.6. The Morgan fingerprint density at radius 2 is 2.03 bits per heavy atom. The second-order valence-electron chi connectivity index (χ2n) is 9.60. The van der Waals surface area contributed by atoms with Gasteiger partial charge in [-0.3, -0.25) is 9.59 Å². The lowest BCUT2D eigenvalue weighted by molar-refractivity contribution is -0.134. The fraction of sp³-hybridized carbons (Fsp3) is 0.480. The molecule has 0 unspecified atom stereocenters. The number of amides is 2. The molecule has 7 heteroatoms. The van der Waals surface area contributed by atoms with Gasteiger partial charge in [0.15, 0.2) is 5.82 Å². The molecule has 168 valence electrons. The van der Waals surface area contributed by atoms with Crippen molar-refractivity contribution in [2.75, 3.05) is 0 Å². The van der Waals surface area contributed by atoms with Crippen LogP contribution < -0.4 is 5.32 Å². The lowest BCUT2D eigenvalue weighted by atomic mass is 9.77. The second kappa shape index (κ2) is 8.03. The van der Waals surface area contributed by atoms with Crippen molar-refractivity contribution >= 4 is 34.2 Å². The Morgan fingerprint density at radius 1 is 1.22 bits per heavy atom. The largest absolute Gasteiger partial charge is 0.351 e. The molecule has 1 aromatic carbocycles. The van der Waals surface area contributed by atoms with E-state index in [2.05, 4.69) is 24.1 Å². The lowest BCUT2D eigenvalue weighted by Gasteiger charge is -2.45. The van der Waals surface area contributed by atoms with Gasteiger partial charge in [0.2, 0.25) is 5.91 Å². The molecule has 0 saturated heterocycles. The summed E-state index contributed by atoms with van der Waals surface area (Å²) in [6.45, 7) is 7.20. The summed E-state index contributed by atoms with van der Waals surface area (Å²) in [6, 6.07) is 11.9. The van der Waals surface area contributed by atoms with Gasteiger partial charge in [0.1, 0.15) is 5.54 Å². The number of hydrogen-bond acceptors (Lipinski definition) is 4. The number of aromatic nitrogens is 2. The Kier molecular flexibility index (Phi) is 5.32. The Labute approximate surface area is 192 Å². The van der Waals surface area contributed by atoms with E-state index < -0.39 is 5.54 Å². The topological polar surface area (TPSA) is 67.2 Å². The van der Waals surface area contributed by atoms with Gasteiger partial charge >= 0.3 is 0 Å². The van der Waals surface area contributed by atoms with Crippen molar-refractivity contribution in [3.63, 3.8) is 0 Å². The molecule has 1 aliphatic heterocycles. The van der Waals surface area contributed by atoms with E-state index in [1.165, 1.54) is 6.42 Å². The SMILES string of the molecule is C[C@H]1[C@H](C)CCC[C@@H]1NC(=O)[C@@]1(C)Cn2c(nc3ccccc32)C(=O)N1Cc1cccs1. The highest BCUT2D eigenvalue weighted by molar-refractivity contribution is 7.09. The molecule has 3 aromatic rings. The van der Waals surface area contributed by atoms with Gasteiger partial charge in [-0.2, -0.15) is 0 Å². The zero-order valence-electron chi connectivity index (χ0n) is 18.9. The highest BCUT2D eigenvalue weighted by atomic mass is 32.1. The van der Waals surface area contributed by atoms with Crippen molar-refractivity contribution in [1.29, 1.82) is 0 Å². The van der Waals surface area contributed by atoms with Gasteiger partial charge < -0.3 is 14.8 Å². The van der Waals surface area contributed by atoms with E-state index in [4.69, 9.17) is 0 Å². The molecule has 5 rings (SSSR count). The minimum atomic E-state index is -1.00. The molecule has 6 nitrogen and oxygen atoms in total. The van der Waals surface area contributed by atoms with Gasteiger partial charge in [0.05, 0.1) is 24.1 Å². The van der Waals surface area contributed by atoms with Crippen molar-refractivity contribution in [2.45, 2.75) is 64.7 Å². The van der Waals surface area contributed by atoms with E-state index in [0.717, 1.165) is 28.8 Å². The summed E-state index contributed by atoms with van der Waals surface area (Å²) in [5.74, 6) is 1.15. The molecule has 0 spiro atoms. The first-order chi connectivity index (χ1) is 15.4. The highest BCUT2D eigenvalue weighted by Crippen LogP contribution is 2.34. The third-order valence-corrected chi connectivity index (χ3v) is 8.42. The van der Waals surface area contributed by atoms with Crippen LogP contribution in [0.25, 0.3) is 11.0 Å². The number of nitrogens with one attached hydrogen (secondary N) is 1. The summed E-state index contributed by atoms with van der Waals surface area (Å²) in [7, 11) is 0. The van der Waals surface area contributed by atoms with Gasteiger partial charge in [-0.1, -0.05) is 44.9 Å². The standard InChI is InChI=1S/C25H30N4O2S/c1-16-8-6-11-19(17(16)2)27-24(31)25(3)15-28-21-12-5-4-10-20(21)26-22(28)23(30)29(25)14-18-9-7-13-32-18/h4-5,7,9-10,12-13,16-17,19H,6,8,11,14-15H2,1-3H3,(H,27,31)/t16-,17+,19+,25-/m1/s1. The van der Waals surface area contributed by atoms with Gasteiger partial charge in [-0.25, -0.2) is 4.98 Å². The van der Waals surface area contributed by atoms with Crippen LogP contribution in [-0.2, 0) is 17.9 Å². The molecular weight excluding hydrogens is 420 g/mol. The number of thiophene rings is 1. The number of imidazole rings is 1. The summed E-state index contributed by atoms with van der Waals surface area (Å²) in [5.41, 5.74) is 0.675. The quantitative estimate of drug-likeness (QED) is 0.638. The number of carbonyl (C=O) groups is 2. The Morgan fingerprint density at radius 3 is 2.81 bits per heavy atom. The normalized spacial score (nSPS) is 28.0. The smallest absolute Gasteiger partial charge is 0.291 e. The minimum Gasteiger partial charge on any atom is -0.351 e. The molecule has 1 N–H and O–H groups in total. The average molecular weight is 451 g/mol. The number of fused-ring (bicyclic) bond motifs is 3. The van der Waals surface area contributed by atoms with Crippen LogP contribution in [0.3, 0.4) is 0 Å². The molecule has 2 aliphatic rings. The third-order valence-electron chi connectivity index (χ3n) is 7.56. The summed E-state index contributed by atoms with van der Waals surface area (Å²) in [4.78, 5) is 35.0. The van der Waals surface area contributed by atoms with Crippen LogP contribution in [0.4, 0.5) is 0 Å². The first-order valence-electron chi connectivity index (χ1n) is 11.5. The Balaban J connectivity index is 1.53. The van der Waals surface area contributed by atoms with E-state index in [0.29, 0.717) is 30.7 Å². The van der Waals surface area contributed by atoms with Crippen molar-refractivity contribution in [1.82, 2.24) is 19.8 Å². The van der Waals surface area contributed by atoms with Crippen LogP contribution >= 0.6 is 11.3 Å². The third kappa shape index (κ3) is 3.43. The molecular formula is C25H30N4O2S. The van der Waals surface area contributed by atoms with Crippen molar-refractivity contribution in [2.24, 2.45) is 11.8 Å². The molecule has 4 atom stereocenters. The maximum absolute atomic E-state index is 13.9. The molecule has 3 heterocycles. The van der Waals surface area contributed by atoms with Crippen LogP contribution in [0.2, 0.25) is 0 Å². The molecule has 0 radical (unpaired) electrons. The maximum Gasteiger partial charge on any atom is 0.291 e. The average Bonchev–Trinajstić information content (AvgIpc) is 3.42. The number of nitrogens with zero attached hydrogens (tertiary/aromatic N) is 3. The van der Waals surface area contributed by atoms with Gasteiger partial charge in [-0.05, 0) is 48.8 Å². The molecule has 1 aliphatic carbocycles. The zero-order valence-corrected chi connectivity index (χ0v) is 19.7.